The molecule has 0 fully saturated rings. The Kier molecular flexibility index (Phi) is 5.29. The maximum atomic E-state index is 11.7. The summed E-state index contributed by atoms with van der Waals surface area (Å²) in [6, 6.07) is 14.0. The van der Waals surface area contributed by atoms with E-state index in [0.29, 0.717) is 0 Å². The molecule has 0 aromatic heterocycles. The molecule has 0 radical (unpaired) electrons. The standard InChI is InChI=1S/C19H22N2O4S/c1-13-9-17-10-16(7-8-18(17)25-13)15-5-3-14(4-6-15)11-21-19(22)12-26(23,24)20-2/h3-8,10,13,20H,9,11-12H2,1-2H3,(H,21,22). The van der Waals surface area contributed by atoms with Crippen LogP contribution in [0.1, 0.15) is 18.1 Å². The fraction of sp³-hybridized carbons (Fsp3) is 0.316. The quantitative estimate of drug-likeness (QED) is 0.808. The van der Waals surface area contributed by atoms with Gasteiger partial charge >= 0.3 is 0 Å². The summed E-state index contributed by atoms with van der Waals surface area (Å²) < 4.78 is 30.5. The van der Waals surface area contributed by atoms with E-state index in [1.807, 2.05) is 36.4 Å². The number of rotatable bonds is 6. The Morgan fingerprint density at radius 3 is 2.54 bits per heavy atom. The minimum Gasteiger partial charge on any atom is -0.490 e. The highest BCUT2D eigenvalue weighted by atomic mass is 32.2. The average molecular weight is 374 g/mol. The van der Waals surface area contributed by atoms with E-state index in [0.717, 1.165) is 28.9 Å². The summed E-state index contributed by atoms with van der Waals surface area (Å²) in [4.78, 5) is 11.7. The predicted molar refractivity (Wildman–Crippen MR) is 100 cm³/mol. The highest BCUT2D eigenvalue weighted by molar-refractivity contribution is 7.90. The zero-order valence-corrected chi connectivity index (χ0v) is 15.6. The molecule has 138 valence electrons. The largest absolute Gasteiger partial charge is 0.490 e. The van der Waals surface area contributed by atoms with Crippen LogP contribution < -0.4 is 14.8 Å². The van der Waals surface area contributed by atoms with E-state index in [-0.39, 0.29) is 12.6 Å². The highest BCUT2D eigenvalue weighted by Gasteiger charge is 2.19. The molecule has 0 saturated carbocycles. The van der Waals surface area contributed by atoms with Gasteiger partial charge in [0.15, 0.2) is 0 Å². The van der Waals surface area contributed by atoms with E-state index < -0.39 is 21.7 Å². The van der Waals surface area contributed by atoms with Crippen molar-refractivity contribution in [3.8, 4) is 16.9 Å². The Balaban J connectivity index is 1.62. The molecule has 3 rings (SSSR count). The first-order valence-electron chi connectivity index (χ1n) is 8.43. The summed E-state index contributed by atoms with van der Waals surface area (Å²) in [5.41, 5.74) is 4.33. The van der Waals surface area contributed by atoms with Gasteiger partial charge in [0.2, 0.25) is 15.9 Å². The maximum absolute atomic E-state index is 11.7. The second-order valence-electron chi connectivity index (χ2n) is 6.39. The number of carbonyl (C=O) groups excluding carboxylic acids is 1. The fourth-order valence-corrected chi connectivity index (χ4v) is 3.50. The van der Waals surface area contributed by atoms with Crippen LogP contribution >= 0.6 is 0 Å². The third-order valence-electron chi connectivity index (χ3n) is 4.31. The summed E-state index contributed by atoms with van der Waals surface area (Å²) in [7, 11) is -2.26. The normalized spacial score (nSPS) is 16.0. The lowest BCUT2D eigenvalue weighted by Crippen LogP contribution is -2.34. The van der Waals surface area contributed by atoms with E-state index >= 15 is 0 Å². The van der Waals surface area contributed by atoms with Crippen molar-refractivity contribution in [1.29, 1.82) is 0 Å². The Morgan fingerprint density at radius 2 is 1.85 bits per heavy atom. The van der Waals surface area contributed by atoms with Gasteiger partial charge in [-0.25, -0.2) is 13.1 Å². The molecular weight excluding hydrogens is 352 g/mol. The van der Waals surface area contributed by atoms with E-state index in [1.54, 1.807) is 0 Å². The molecule has 1 atom stereocenters. The zero-order valence-electron chi connectivity index (χ0n) is 14.8. The van der Waals surface area contributed by atoms with Crippen LogP contribution in [0.25, 0.3) is 11.1 Å². The van der Waals surface area contributed by atoms with Crippen LogP contribution in [0.5, 0.6) is 5.75 Å². The van der Waals surface area contributed by atoms with Gasteiger partial charge in [-0.2, -0.15) is 0 Å². The first-order valence-corrected chi connectivity index (χ1v) is 10.1. The van der Waals surface area contributed by atoms with Crippen LogP contribution in [-0.4, -0.2) is 33.2 Å². The lowest BCUT2D eigenvalue weighted by molar-refractivity contribution is -0.118. The van der Waals surface area contributed by atoms with Gasteiger partial charge in [0.05, 0.1) is 0 Å². The van der Waals surface area contributed by atoms with Gasteiger partial charge in [0.25, 0.3) is 0 Å². The van der Waals surface area contributed by atoms with Gasteiger partial charge < -0.3 is 10.1 Å². The number of carbonyl (C=O) groups is 1. The molecule has 1 aliphatic heterocycles. The second kappa shape index (κ2) is 7.47. The zero-order chi connectivity index (χ0) is 18.7. The van der Waals surface area contributed by atoms with E-state index in [9.17, 15) is 13.2 Å². The minimum absolute atomic E-state index is 0.220. The van der Waals surface area contributed by atoms with E-state index in [1.165, 1.54) is 12.6 Å². The number of ether oxygens (including phenoxy) is 1. The molecular formula is C19H22N2O4S. The van der Waals surface area contributed by atoms with Crippen LogP contribution in [0.4, 0.5) is 0 Å². The number of fused-ring (bicyclic) bond motifs is 1. The van der Waals surface area contributed by atoms with Crippen LogP contribution in [0.2, 0.25) is 0 Å². The molecule has 6 nitrogen and oxygen atoms in total. The second-order valence-corrected chi connectivity index (χ2v) is 8.32. The summed E-state index contributed by atoms with van der Waals surface area (Å²) in [6.45, 7) is 2.35. The number of hydrogen-bond donors (Lipinski definition) is 2. The van der Waals surface area contributed by atoms with Crippen LogP contribution in [0, 0.1) is 0 Å². The van der Waals surface area contributed by atoms with Gasteiger partial charge in [-0.1, -0.05) is 30.3 Å². The van der Waals surface area contributed by atoms with E-state index in [4.69, 9.17) is 4.74 Å². The van der Waals surface area contributed by atoms with Crippen molar-refractivity contribution in [3.63, 3.8) is 0 Å². The van der Waals surface area contributed by atoms with Crippen molar-refractivity contribution in [2.75, 3.05) is 12.8 Å². The number of sulfonamides is 1. The molecule has 0 bridgehead atoms. The lowest BCUT2D eigenvalue weighted by Gasteiger charge is -2.08. The highest BCUT2D eigenvalue weighted by Crippen LogP contribution is 2.32. The molecule has 7 heteroatoms. The summed E-state index contributed by atoms with van der Waals surface area (Å²) in [6.07, 6.45) is 1.14. The van der Waals surface area contributed by atoms with Crippen molar-refractivity contribution >= 4 is 15.9 Å². The Hall–Kier alpha value is -2.38. The molecule has 0 spiro atoms. The van der Waals surface area contributed by atoms with Gasteiger partial charge in [0.1, 0.15) is 17.6 Å². The van der Waals surface area contributed by atoms with Crippen molar-refractivity contribution in [3.05, 3.63) is 53.6 Å². The Labute approximate surface area is 153 Å². The van der Waals surface area contributed by atoms with Crippen LogP contribution in [-0.2, 0) is 27.8 Å². The molecule has 1 amide bonds. The van der Waals surface area contributed by atoms with Crippen molar-refractivity contribution < 1.29 is 17.9 Å². The third kappa shape index (κ3) is 4.42. The number of hydrogen-bond acceptors (Lipinski definition) is 4. The molecule has 0 aliphatic carbocycles. The van der Waals surface area contributed by atoms with Crippen LogP contribution in [0.3, 0.4) is 0 Å². The van der Waals surface area contributed by atoms with E-state index in [2.05, 4.69) is 23.0 Å². The molecule has 1 unspecified atom stereocenters. The SMILES string of the molecule is CNS(=O)(=O)CC(=O)NCc1ccc(-c2ccc3c(c2)CC(C)O3)cc1. The molecule has 2 N–H and O–H groups in total. The number of benzene rings is 2. The molecule has 26 heavy (non-hydrogen) atoms. The predicted octanol–water partition coefficient (Wildman–Crippen LogP) is 1.84. The van der Waals surface area contributed by atoms with Gasteiger partial charge in [-0.3, -0.25) is 4.79 Å². The Bertz CT molecular complexity index is 908. The first kappa shape index (κ1) is 18.4. The number of amides is 1. The average Bonchev–Trinajstić information content (AvgIpc) is 2.99. The third-order valence-corrected chi connectivity index (χ3v) is 5.57. The molecule has 1 heterocycles. The minimum atomic E-state index is -3.55. The molecule has 2 aromatic carbocycles. The summed E-state index contributed by atoms with van der Waals surface area (Å²) in [5.74, 6) is -0.148. The Morgan fingerprint density at radius 1 is 1.15 bits per heavy atom. The van der Waals surface area contributed by atoms with Gasteiger partial charge in [0, 0.05) is 13.0 Å². The lowest BCUT2D eigenvalue weighted by atomic mass is 10.00. The molecule has 1 aliphatic rings. The fourth-order valence-electron chi connectivity index (χ4n) is 2.91. The first-order chi connectivity index (χ1) is 12.4. The maximum Gasteiger partial charge on any atom is 0.236 e. The van der Waals surface area contributed by atoms with Crippen molar-refractivity contribution in [1.82, 2.24) is 10.0 Å². The van der Waals surface area contributed by atoms with Crippen LogP contribution in [0.15, 0.2) is 42.5 Å². The van der Waals surface area contributed by atoms with Crippen molar-refractivity contribution in [2.45, 2.75) is 26.0 Å². The van der Waals surface area contributed by atoms with Gasteiger partial charge in [-0.15, -0.1) is 0 Å². The summed E-state index contributed by atoms with van der Waals surface area (Å²) >= 11 is 0. The smallest absolute Gasteiger partial charge is 0.236 e. The topological polar surface area (TPSA) is 84.5 Å². The van der Waals surface area contributed by atoms with Gasteiger partial charge in [-0.05, 0) is 48.4 Å². The molecule has 0 saturated heterocycles. The monoisotopic (exact) mass is 374 g/mol. The summed E-state index contributed by atoms with van der Waals surface area (Å²) in [5, 5.41) is 2.61. The number of nitrogens with one attached hydrogen (secondary N) is 2. The molecule has 2 aromatic rings. The van der Waals surface area contributed by atoms with Crippen molar-refractivity contribution in [2.24, 2.45) is 0 Å².